The van der Waals surface area contributed by atoms with E-state index in [1.807, 2.05) is 18.2 Å². The van der Waals surface area contributed by atoms with E-state index in [9.17, 15) is 0 Å². The number of nitrogens with one attached hydrogen (secondary N) is 1. The molecule has 1 aliphatic rings. The van der Waals surface area contributed by atoms with Crippen LogP contribution < -0.4 is 10.2 Å². The SMILES string of the molecule is Clc1ccc(Cc2csc(N3CCNCC3)n2)cc1Cl. The second-order valence-corrected chi connectivity index (χ2v) is 6.43. The summed E-state index contributed by atoms with van der Waals surface area (Å²) in [5.41, 5.74) is 2.22. The van der Waals surface area contributed by atoms with Crippen molar-refractivity contribution in [1.29, 1.82) is 0 Å². The van der Waals surface area contributed by atoms with Gasteiger partial charge >= 0.3 is 0 Å². The molecule has 0 unspecified atom stereocenters. The number of benzene rings is 1. The van der Waals surface area contributed by atoms with Crippen LogP contribution >= 0.6 is 34.5 Å². The Hall–Kier alpha value is -0.810. The highest BCUT2D eigenvalue weighted by Gasteiger charge is 2.14. The fourth-order valence-corrected chi connectivity index (χ4v) is 3.44. The van der Waals surface area contributed by atoms with Gasteiger partial charge in [-0.2, -0.15) is 0 Å². The number of hydrogen-bond acceptors (Lipinski definition) is 4. The molecule has 3 nitrogen and oxygen atoms in total. The van der Waals surface area contributed by atoms with Crippen molar-refractivity contribution in [3.8, 4) is 0 Å². The minimum absolute atomic E-state index is 0.593. The molecule has 0 aliphatic carbocycles. The molecule has 1 aromatic heterocycles. The molecule has 20 heavy (non-hydrogen) atoms. The molecule has 0 radical (unpaired) electrons. The third-order valence-electron chi connectivity index (χ3n) is 3.30. The van der Waals surface area contributed by atoms with Gasteiger partial charge in [-0.3, -0.25) is 0 Å². The lowest BCUT2D eigenvalue weighted by molar-refractivity contribution is 0.588. The van der Waals surface area contributed by atoms with Gasteiger partial charge in [0.15, 0.2) is 5.13 Å². The molecule has 1 N–H and O–H groups in total. The predicted octanol–water partition coefficient (Wildman–Crippen LogP) is 3.45. The second kappa shape index (κ2) is 6.31. The summed E-state index contributed by atoms with van der Waals surface area (Å²) in [4.78, 5) is 7.05. The number of rotatable bonds is 3. The molecule has 6 heteroatoms. The van der Waals surface area contributed by atoms with Crippen molar-refractivity contribution in [2.45, 2.75) is 6.42 Å². The van der Waals surface area contributed by atoms with Gasteiger partial charge in [0.05, 0.1) is 15.7 Å². The fraction of sp³-hybridized carbons (Fsp3) is 0.357. The zero-order valence-corrected chi connectivity index (χ0v) is 13.2. The summed E-state index contributed by atoms with van der Waals surface area (Å²) in [6.07, 6.45) is 0.791. The number of nitrogens with zero attached hydrogens (tertiary/aromatic N) is 2. The molecular formula is C14H15Cl2N3S. The number of halogens is 2. The zero-order valence-electron chi connectivity index (χ0n) is 10.9. The van der Waals surface area contributed by atoms with Crippen molar-refractivity contribution in [3.63, 3.8) is 0 Å². The Balaban J connectivity index is 1.71. The summed E-state index contributed by atoms with van der Waals surface area (Å²) in [6.45, 7) is 4.11. The van der Waals surface area contributed by atoms with Crippen LogP contribution in [0.2, 0.25) is 10.0 Å². The molecule has 0 saturated carbocycles. The topological polar surface area (TPSA) is 28.2 Å². The van der Waals surface area contributed by atoms with Gasteiger partial charge in [0.1, 0.15) is 0 Å². The zero-order chi connectivity index (χ0) is 13.9. The lowest BCUT2D eigenvalue weighted by Crippen LogP contribution is -2.43. The van der Waals surface area contributed by atoms with Crippen molar-refractivity contribution >= 4 is 39.7 Å². The minimum Gasteiger partial charge on any atom is -0.346 e. The van der Waals surface area contributed by atoms with Crippen molar-refractivity contribution < 1.29 is 0 Å². The number of aromatic nitrogens is 1. The van der Waals surface area contributed by atoms with Gasteiger partial charge in [-0.1, -0.05) is 29.3 Å². The molecule has 1 fully saturated rings. The third-order valence-corrected chi connectivity index (χ3v) is 4.99. The number of hydrogen-bond donors (Lipinski definition) is 1. The van der Waals surface area contributed by atoms with Gasteiger partial charge < -0.3 is 10.2 Å². The summed E-state index contributed by atoms with van der Waals surface area (Å²) in [6, 6.07) is 5.74. The summed E-state index contributed by atoms with van der Waals surface area (Å²) in [5.74, 6) is 0. The minimum atomic E-state index is 0.593. The van der Waals surface area contributed by atoms with Crippen molar-refractivity contribution in [3.05, 3.63) is 44.9 Å². The van der Waals surface area contributed by atoms with E-state index in [2.05, 4.69) is 15.6 Å². The Morgan fingerprint density at radius 1 is 1.20 bits per heavy atom. The van der Waals surface area contributed by atoms with Crippen LogP contribution in [0, 0.1) is 0 Å². The Labute approximate surface area is 132 Å². The molecule has 1 saturated heterocycles. The largest absolute Gasteiger partial charge is 0.346 e. The van der Waals surface area contributed by atoms with E-state index in [1.54, 1.807) is 11.3 Å². The Bertz CT molecular complexity index is 594. The maximum absolute atomic E-state index is 6.04. The summed E-state index contributed by atoms with van der Waals surface area (Å²) < 4.78 is 0. The molecule has 0 bridgehead atoms. The van der Waals surface area contributed by atoms with E-state index >= 15 is 0 Å². The van der Waals surface area contributed by atoms with Gasteiger partial charge in [0.2, 0.25) is 0 Å². The molecule has 106 valence electrons. The van der Waals surface area contributed by atoms with E-state index in [-0.39, 0.29) is 0 Å². The monoisotopic (exact) mass is 327 g/mol. The molecule has 0 amide bonds. The van der Waals surface area contributed by atoms with Crippen LogP contribution in [0.25, 0.3) is 0 Å². The maximum atomic E-state index is 6.04. The highest BCUT2D eigenvalue weighted by Crippen LogP contribution is 2.26. The Kier molecular flexibility index (Phi) is 4.46. The smallest absolute Gasteiger partial charge is 0.185 e. The van der Waals surface area contributed by atoms with Crippen LogP contribution in [0.15, 0.2) is 23.6 Å². The maximum Gasteiger partial charge on any atom is 0.185 e. The van der Waals surface area contributed by atoms with E-state index in [4.69, 9.17) is 28.2 Å². The Morgan fingerprint density at radius 3 is 2.75 bits per heavy atom. The first-order valence-electron chi connectivity index (χ1n) is 6.56. The summed E-state index contributed by atoms with van der Waals surface area (Å²) in [5, 5.41) is 7.78. The molecule has 3 rings (SSSR count). The number of thiazole rings is 1. The average Bonchev–Trinajstić information content (AvgIpc) is 2.92. The molecule has 1 aliphatic heterocycles. The molecular weight excluding hydrogens is 313 g/mol. The standard InChI is InChI=1S/C14H15Cl2N3S/c15-12-2-1-10(8-13(12)16)7-11-9-20-14(18-11)19-5-3-17-4-6-19/h1-2,8-9,17H,3-7H2. The van der Waals surface area contributed by atoms with E-state index in [0.717, 1.165) is 49.0 Å². The molecule has 0 atom stereocenters. The lowest BCUT2D eigenvalue weighted by atomic mass is 10.1. The van der Waals surface area contributed by atoms with Gasteiger partial charge in [-0.15, -0.1) is 11.3 Å². The van der Waals surface area contributed by atoms with Gasteiger partial charge in [-0.05, 0) is 17.7 Å². The normalized spacial score (nSPS) is 15.6. The molecule has 0 spiro atoms. The number of anilines is 1. The van der Waals surface area contributed by atoms with E-state index < -0.39 is 0 Å². The third kappa shape index (κ3) is 3.26. The molecule has 2 heterocycles. The van der Waals surface area contributed by atoms with Gasteiger partial charge in [0.25, 0.3) is 0 Å². The fourth-order valence-electron chi connectivity index (χ4n) is 2.24. The first-order chi connectivity index (χ1) is 9.72. The number of piperazine rings is 1. The van der Waals surface area contributed by atoms with Crippen LogP contribution in [-0.2, 0) is 6.42 Å². The van der Waals surface area contributed by atoms with Crippen LogP contribution in [0.1, 0.15) is 11.3 Å². The van der Waals surface area contributed by atoms with Crippen molar-refractivity contribution in [2.24, 2.45) is 0 Å². The Morgan fingerprint density at radius 2 is 2.00 bits per heavy atom. The molecule has 1 aromatic carbocycles. The van der Waals surface area contributed by atoms with E-state index in [1.165, 1.54) is 0 Å². The highest BCUT2D eigenvalue weighted by atomic mass is 35.5. The van der Waals surface area contributed by atoms with Gasteiger partial charge in [0, 0.05) is 38.0 Å². The lowest BCUT2D eigenvalue weighted by Gasteiger charge is -2.26. The van der Waals surface area contributed by atoms with Crippen LogP contribution in [0.3, 0.4) is 0 Å². The first kappa shape index (κ1) is 14.1. The summed E-state index contributed by atoms with van der Waals surface area (Å²) in [7, 11) is 0. The van der Waals surface area contributed by atoms with Crippen LogP contribution in [0.4, 0.5) is 5.13 Å². The molecule has 2 aromatic rings. The van der Waals surface area contributed by atoms with E-state index in [0.29, 0.717) is 10.0 Å². The second-order valence-electron chi connectivity index (χ2n) is 4.78. The van der Waals surface area contributed by atoms with Gasteiger partial charge in [-0.25, -0.2) is 4.98 Å². The van der Waals surface area contributed by atoms with Crippen LogP contribution in [-0.4, -0.2) is 31.2 Å². The highest BCUT2D eigenvalue weighted by molar-refractivity contribution is 7.13. The van der Waals surface area contributed by atoms with Crippen LogP contribution in [0.5, 0.6) is 0 Å². The summed E-state index contributed by atoms with van der Waals surface area (Å²) >= 11 is 13.7. The van der Waals surface area contributed by atoms with Crippen molar-refractivity contribution in [2.75, 3.05) is 31.1 Å². The van der Waals surface area contributed by atoms with Crippen molar-refractivity contribution in [1.82, 2.24) is 10.3 Å². The average molecular weight is 328 g/mol. The quantitative estimate of drug-likeness (QED) is 0.935. The first-order valence-corrected chi connectivity index (χ1v) is 8.20. The predicted molar refractivity (Wildman–Crippen MR) is 86.5 cm³/mol.